The number of piperidine rings is 1. The number of benzene rings is 1. The molecular formula is C23H33N3O2. The van der Waals surface area contributed by atoms with Crippen molar-refractivity contribution in [3.63, 3.8) is 0 Å². The lowest BCUT2D eigenvalue weighted by molar-refractivity contribution is -0.117. The van der Waals surface area contributed by atoms with Crippen molar-refractivity contribution >= 4 is 23.6 Å². The van der Waals surface area contributed by atoms with Crippen LogP contribution in [0.3, 0.4) is 0 Å². The number of carbonyl (C=O) groups is 2. The van der Waals surface area contributed by atoms with Crippen molar-refractivity contribution in [2.45, 2.75) is 45.4 Å². The third-order valence-corrected chi connectivity index (χ3v) is 5.78. The summed E-state index contributed by atoms with van der Waals surface area (Å²) in [6.07, 6.45) is 9.76. The summed E-state index contributed by atoms with van der Waals surface area (Å²) in [6, 6.07) is 7.79. The van der Waals surface area contributed by atoms with Crippen LogP contribution in [0.15, 0.2) is 30.3 Å². The van der Waals surface area contributed by atoms with Crippen LogP contribution in [-0.4, -0.2) is 49.4 Å². The normalized spacial score (nSPS) is 18.9. The quantitative estimate of drug-likeness (QED) is 0.553. The Morgan fingerprint density at radius 1 is 1.14 bits per heavy atom. The van der Waals surface area contributed by atoms with Crippen molar-refractivity contribution in [1.82, 2.24) is 10.2 Å². The van der Waals surface area contributed by atoms with Gasteiger partial charge < -0.3 is 15.1 Å². The maximum Gasteiger partial charge on any atom is 0.243 e. The molecule has 0 aromatic heterocycles. The molecule has 5 heteroatoms. The summed E-state index contributed by atoms with van der Waals surface area (Å²) in [5.41, 5.74) is 1.90. The van der Waals surface area contributed by atoms with E-state index >= 15 is 0 Å². The lowest BCUT2D eigenvalue weighted by Crippen LogP contribution is -2.34. The van der Waals surface area contributed by atoms with Crippen LogP contribution in [0.5, 0.6) is 0 Å². The summed E-state index contributed by atoms with van der Waals surface area (Å²) in [7, 11) is 0. The van der Waals surface area contributed by atoms with Gasteiger partial charge in [-0.15, -0.1) is 0 Å². The monoisotopic (exact) mass is 383 g/mol. The predicted molar refractivity (Wildman–Crippen MR) is 114 cm³/mol. The molecule has 5 nitrogen and oxygen atoms in total. The van der Waals surface area contributed by atoms with Crippen LogP contribution in [-0.2, 0) is 9.59 Å². The van der Waals surface area contributed by atoms with Crippen molar-refractivity contribution < 1.29 is 9.59 Å². The molecule has 0 radical (unpaired) electrons. The molecule has 2 aliphatic rings. The molecule has 1 aromatic carbocycles. The number of likely N-dealkylation sites (tertiary alicyclic amines) is 1. The second-order valence-electron chi connectivity index (χ2n) is 8.10. The molecule has 1 aromatic rings. The number of nitrogens with one attached hydrogen (secondary N) is 1. The first-order valence-corrected chi connectivity index (χ1v) is 10.7. The van der Waals surface area contributed by atoms with Gasteiger partial charge in [0.2, 0.25) is 11.8 Å². The van der Waals surface area contributed by atoms with E-state index in [1.54, 1.807) is 6.08 Å². The standard InChI is InChI=1S/C23H33N3O2/c1-19-12-17-25(18-13-19)15-3-2-14-24-22(27)11-8-20-6-9-21(10-7-20)26-16-4-5-23(26)28/h6-11,19H,2-5,12-18H2,1H3,(H,24,27)/b11-8+. The van der Waals surface area contributed by atoms with Gasteiger partial charge in [0, 0.05) is 31.3 Å². The first kappa shape index (κ1) is 20.6. The van der Waals surface area contributed by atoms with E-state index in [2.05, 4.69) is 17.1 Å². The molecule has 152 valence electrons. The van der Waals surface area contributed by atoms with Crippen LogP contribution in [0.25, 0.3) is 6.08 Å². The second kappa shape index (κ2) is 10.4. The third kappa shape index (κ3) is 6.20. The van der Waals surface area contributed by atoms with E-state index in [0.717, 1.165) is 56.1 Å². The van der Waals surface area contributed by atoms with E-state index in [1.165, 1.54) is 25.9 Å². The average Bonchev–Trinajstić information content (AvgIpc) is 3.14. The van der Waals surface area contributed by atoms with Crippen LogP contribution >= 0.6 is 0 Å². The zero-order valence-corrected chi connectivity index (χ0v) is 17.0. The topological polar surface area (TPSA) is 52.7 Å². The Morgan fingerprint density at radius 2 is 1.89 bits per heavy atom. The van der Waals surface area contributed by atoms with Crippen LogP contribution < -0.4 is 10.2 Å². The molecule has 2 aliphatic heterocycles. The molecule has 0 atom stereocenters. The fourth-order valence-electron chi connectivity index (χ4n) is 3.88. The van der Waals surface area contributed by atoms with Gasteiger partial charge in [-0.3, -0.25) is 9.59 Å². The molecule has 2 saturated heterocycles. The molecular weight excluding hydrogens is 350 g/mol. The second-order valence-corrected chi connectivity index (χ2v) is 8.10. The van der Waals surface area contributed by atoms with E-state index in [9.17, 15) is 9.59 Å². The smallest absolute Gasteiger partial charge is 0.243 e. The fourth-order valence-corrected chi connectivity index (χ4v) is 3.88. The van der Waals surface area contributed by atoms with E-state index in [4.69, 9.17) is 0 Å². The van der Waals surface area contributed by atoms with Crippen LogP contribution in [0.1, 0.15) is 51.0 Å². The highest BCUT2D eigenvalue weighted by atomic mass is 16.2. The van der Waals surface area contributed by atoms with E-state index < -0.39 is 0 Å². The molecule has 0 spiro atoms. The third-order valence-electron chi connectivity index (χ3n) is 5.78. The van der Waals surface area contributed by atoms with E-state index in [1.807, 2.05) is 35.2 Å². The first-order chi connectivity index (χ1) is 13.6. The largest absolute Gasteiger partial charge is 0.353 e. The van der Waals surface area contributed by atoms with E-state index in [0.29, 0.717) is 6.42 Å². The number of unbranched alkanes of at least 4 members (excludes halogenated alkanes) is 1. The van der Waals surface area contributed by atoms with Gasteiger partial charge in [-0.1, -0.05) is 19.1 Å². The minimum Gasteiger partial charge on any atom is -0.353 e. The Morgan fingerprint density at radius 3 is 2.57 bits per heavy atom. The Balaban J connectivity index is 1.32. The van der Waals surface area contributed by atoms with Crippen molar-refractivity contribution in [3.05, 3.63) is 35.9 Å². The SMILES string of the molecule is CC1CCN(CCCCNC(=O)/C=C/c2ccc(N3CCCC3=O)cc2)CC1. The van der Waals surface area contributed by atoms with Gasteiger partial charge in [0.15, 0.2) is 0 Å². The molecule has 0 aliphatic carbocycles. The van der Waals surface area contributed by atoms with Gasteiger partial charge in [-0.2, -0.15) is 0 Å². The maximum absolute atomic E-state index is 12.0. The van der Waals surface area contributed by atoms with E-state index in [-0.39, 0.29) is 11.8 Å². The van der Waals surface area contributed by atoms with Crippen LogP contribution in [0, 0.1) is 5.92 Å². The molecule has 28 heavy (non-hydrogen) atoms. The Labute approximate surface area is 168 Å². The van der Waals surface area contributed by atoms with Crippen LogP contribution in [0.4, 0.5) is 5.69 Å². The molecule has 2 fully saturated rings. The Bertz CT molecular complexity index is 676. The maximum atomic E-state index is 12.0. The van der Waals surface area contributed by atoms with Gasteiger partial charge in [-0.25, -0.2) is 0 Å². The lowest BCUT2D eigenvalue weighted by atomic mass is 9.99. The van der Waals surface area contributed by atoms with Crippen molar-refractivity contribution in [2.75, 3.05) is 37.6 Å². The minimum atomic E-state index is -0.0504. The van der Waals surface area contributed by atoms with Gasteiger partial charge in [0.05, 0.1) is 0 Å². The number of hydrogen-bond donors (Lipinski definition) is 1. The molecule has 2 amide bonds. The zero-order valence-electron chi connectivity index (χ0n) is 17.0. The van der Waals surface area contributed by atoms with Gasteiger partial charge in [0.1, 0.15) is 0 Å². The zero-order chi connectivity index (χ0) is 19.8. The fraction of sp³-hybridized carbons (Fsp3) is 0.565. The van der Waals surface area contributed by atoms with Gasteiger partial charge in [0.25, 0.3) is 0 Å². The summed E-state index contributed by atoms with van der Waals surface area (Å²) in [4.78, 5) is 28.1. The minimum absolute atomic E-state index is 0.0504. The predicted octanol–water partition coefficient (Wildman–Crippen LogP) is 3.45. The highest BCUT2D eigenvalue weighted by molar-refractivity contribution is 5.95. The number of hydrogen-bond acceptors (Lipinski definition) is 3. The average molecular weight is 384 g/mol. The highest BCUT2D eigenvalue weighted by Gasteiger charge is 2.21. The van der Waals surface area contributed by atoms with Gasteiger partial charge in [-0.05, 0) is 81.4 Å². The van der Waals surface area contributed by atoms with Crippen molar-refractivity contribution in [3.8, 4) is 0 Å². The van der Waals surface area contributed by atoms with Crippen molar-refractivity contribution in [1.29, 1.82) is 0 Å². The summed E-state index contributed by atoms with van der Waals surface area (Å²) < 4.78 is 0. The number of amides is 2. The number of nitrogens with zero attached hydrogens (tertiary/aromatic N) is 2. The Kier molecular flexibility index (Phi) is 7.66. The molecule has 1 N–H and O–H groups in total. The molecule has 3 rings (SSSR count). The first-order valence-electron chi connectivity index (χ1n) is 10.7. The molecule has 0 unspecified atom stereocenters. The number of anilines is 1. The van der Waals surface area contributed by atoms with Crippen molar-refractivity contribution in [2.24, 2.45) is 5.92 Å². The molecule has 0 bridgehead atoms. The summed E-state index contributed by atoms with van der Waals surface area (Å²) in [5.74, 6) is 1.02. The number of carbonyl (C=O) groups excluding carboxylic acids is 2. The number of rotatable bonds is 8. The summed E-state index contributed by atoms with van der Waals surface area (Å²) in [6.45, 7) is 7.45. The lowest BCUT2D eigenvalue weighted by Gasteiger charge is -2.30. The van der Waals surface area contributed by atoms with Gasteiger partial charge >= 0.3 is 0 Å². The van der Waals surface area contributed by atoms with Crippen LogP contribution in [0.2, 0.25) is 0 Å². The summed E-state index contributed by atoms with van der Waals surface area (Å²) >= 11 is 0. The molecule has 0 saturated carbocycles. The summed E-state index contributed by atoms with van der Waals surface area (Å²) in [5, 5.41) is 2.96. The molecule has 2 heterocycles. The Hall–Kier alpha value is -2.14. The highest BCUT2D eigenvalue weighted by Crippen LogP contribution is 2.22.